The normalized spacial score (nSPS) is 10.3. The molecule has 0 atom stereocenters. The SMILES string of the molecule is Cc1c(Cl)cccc1NC(=S)N(C)Cc1cccc(F)c1. The standard InChI is InChI=1S/C16H16ClFN2S/c1-11-14(17)7-4-8-15(11)19-16(21)20(2)10-12-5-3-6-13(18)9-12/h3-9H,10H2,1-2H3,(H,19,21). The second kappa shape index (κ2) is 6.87. The number of halogens is 2. The van der Waals surface area contributed by atoms with Gasteiger partial charge in [-0.25, -0.2) is 4.39 Å². The first kappa shape index (κ1) is 15.7. The Hall–Kier alpha value is -1.65. The highest BCUT2D eigenvalue weighted by molar-refractivity contribution is 7.80. The van der Waals surface area contributed by atoms with E-state index in [0.29, 0.717) is 16.7 Å². The van der Waals surface area contributed by atoms with Gasteiger partial charge >= 0.3 is 0 Å². The first-order valence-corrected chi connectivity index (χ1v) is 7.27. The van der Waals surface area contributed by atoms with Crippen LogP contribution in [0.25, 0.3) is 0 Å². The molecule has 2 nitrogen and oxygen atoms in total. The number of hydrogen-bond donors (Lipinski definition) is 1. The van der Waals surface area contributed by atoms with Crippen molar-refractivity contribution in [2.75, 3.05) is 12.4 Å². The van der Waals surface area contributed by atoms with Crippen molar-refractivity contribution < 1.29 is 4.39 Å². The summed E-state index contributed by atoms with van der Waals surface area (Å²) in [6, 6.07) is 12.1. The third kappa shape index (κ3) is 4.16. The highest BCUT2D eigenvalue weighted by Gasteiger charge is 2.08. The van der Waals surface area contributed by atoms with Crippen LogP contribution in [-0.2, 0) is 6.54 Å². The van der Waals surface area contributed by atoms with E-state index in [2.05, 4.69) is 5.32 Å². The molecule has 0 unspecified atom stereocenters. The molecule has 0 radical (unpaired) electrons. The number of nitrogens with zero attached hydrogens (tertiary/aromatic N) is 1. The Kier molecular flexibility index (Phi) is 5.15. The van der Waals surface area contributed by atoms with Gasteiger partial charge in [0.1, 0.15) is 5.82 Å². The lowest BCUT2D eigenvalue weighted by molar-refractivity contribution is 0.505. The maximum atomic E-state index is 13.2. The van der Waals surface area contributed by atoms with Crippen LogP contribution in [0.2, 0.25) is 5.02 Å². The van der Waals surface area contributed by atoms with Gasteiger partial charge in [-0.15, -0.1) is 0 Å². The lowest BCUT2D eigenvalue weighted by Gasteiger charge is -2.22. The molecular formula is C16H16ClFN2S. The van der Waals surface area contributed by atoms with Crippen molar-refractivity contribution in [1.82, 2.24) is 4.90 Å². The molecule has 0 amide bonds. The van der Waals surface area contributed by atoms with Crippen molar-refractivity contribution in [2.45, 2.75) is 13.5 Å². The molecule has 0 saturated carbocycles. The molecule has 0 spiro atoms. The molecule has 0 heterocycles. The monoisotopic (exact) mass is 322 g/mol. The number of nitrogens with one attached hydrogen (secondary N) is 1. The van der Waals surface area contributed by atoms with Gasteiger partial charge in [0.25, 0.3) is 0 Å². The zero-order chi connectivity index (χ0) is 15.4. The van der Waals surface area contributed by atoms with Crippen LogP contribution in [0.5, 0.6) is 0 Å². The van der Waals surface area contributed by atoms with Gasteiger partial charge < -0.3 is 10.2 Å². The summed E-state index contributed by atoms with van der Waals surface area (Å²) in [6.07, 6.45) is 0. The predicted molar refractivity (Wildman–Crippen MR) is 90.3 cm³/mol. The second-order valence-corrected chi connectivity index (χ2v) is 5.62. The van der Waals surface area contributed by atoms with E-state index >= 15 is 0 Å². The third-order valence-electron chi connectivity index (χ3n) is 3.16. The highest BCUT2D eigenvalue weighted by Crippen LogP contribution is 2.23. The van der Waals surface area contributed by atoms with E-state index in [1.165, 1.54) is 12.1 Å². The fourth-order valence-corrected chi connectivity index (χ4v) is 2.28. The van der Waals surface area contributed by atoms with Gasteiger partial charge in [0.05, 0.1) is 0 Å². The van der Waals surface area contributed by atoms with E-state index in [0.717, 1.165) is 16.8 Å². The Morgan fingerprint density at radius 3 is 2.71 bits per heavy atom. The Morgan fingerprint density at radius 2 is 2.00 bits per heavy atom. The van der Waals surface area contributed by atoms with Gasteiger partial charge in [-0.05, 0) is 54.5 Å². The molecule has 110 valence electrons. The fraction of sp³-hybridized carbons (Fsp3) is 0.188. The number of rotatable bonds is 3. The van der Waals surface area contributed by atoms with Gasteiger partial charge in [-0.2, -0.15) is 0 Å². The van der Waals surface area contributed by atoms with Crippen LogP contribution in [0.3, 0.4) is 0 Å². The van der Waals surface area contributed by atoms with E-state index in [9.17, 15) is 4.39 Å². The smallest absolute Gasteiger partial charge is 0.173 e. The van der Waals surface area contributed by atoms with Crippen molar-refractivity contribution in [3.8, 4) is 0 Å². The maximum Gasteiger partial charge on any atom is 0.173 e. The van der Waals surface area contributed by atoms with Crippen molar-refractivity contribution >= 4 is 34.6 Å². The molecule has 2 aromatic carbocycles. The number of hydrogen-bond acceptors (Lipinski definition) is 1. The quantitative estimate of drug-likeness (QED) is 0.830. The lowest BCUT2D eigenvalue weighted by atomic mass is 10.2. The number of thiocarbonyl (C=S) groups is 1. The van der Waals surface area contributed by atoms with E-state index in [4.69, 9.17) is 23.8 Å². The molecule has 0 saturated heterocycles. The third-order valence-corrected chi connectivity index (χ3v) is 3.99. The van der Waals surface area contributed by atoms with E-state index in [1.807, 2.05) is 43.1 Å². The molecule has 0 aromatic heterocycles. The summed E-state index contributed by atoms with van der Waals surface area (Å²) >= 11 is 11.5. The van der Waals surface area contributed by atoms with Crippen molar-refractivity contribution in [3.05, 3.63) is 64.4 Å². The minimum absolute atomic E-state index is 0.245. The van der Waals surface area contributed by atoms with Crippen LogP contribution in [0, 0.1) is 12.7 Å². The van der Waals surface area contributed by atoms with Crippen LogP contribution in [0.1, 0.15) is 11.1 Å². The number of anilines is 1. The summed E-state index contributed by atoms with van der Waals surface area (Å²) in [5.41, 5.74) is 2.68. The number of benzene rings is 2. The van der Waals surface area contributed by atoms with Crippen molar-refractivity contribution in [2.24, 2.45) is 0 Å². The lowest BCUT2D eigenvalue weighted by Crippen LogP contribution is -2.30. The highest BCUT2D eigenvalue weighted by atomic mass is 35.5. The van der Waals surface area contributed by atoms with E-state index < -0.39 is 0 Å². The van der Waals surface area contributed by atoms with Gasteiger partial charge in [0, 0.05) is 24.3 Å². The molecule has 2 aromatic rings. The summed E-state index contributed by atoms with van der Waals surface area (Å²) in [7, 11) is 1.86. The Morgan fingerprint density at radius 1 is 1.29 bits per heavy atom. The first-order valence-electron chi connectivity index (χ1n) is 6.49. The van der Waals surface area contributed by atoms with Gasteiger partial charge in [0.15, 0.2) is 5.11 Å². The fourth-order valence-electron chi connectivity index (χ4n) is 1.93. The van der Waals surface area contributed by atoms with Crippen molar-refractivity contribution in [3.63, 3.8) is 0 Å². The molecule has 21 heavy (non-hydrogen) atoms. The predicted octanol–water partition coefficient (Wildman–Crippen LogP) is 4.62. The minimum Gasteiger partial charge on any atom is -0.348 e. The second-order valence-electron chi connectivity index (χ2n) is 4.83. The van der Waals surface area contributed by atoms with Crippen molar-refractivity contribution in [1.29, 1.82) is 0 Å². The van der Waals surface area contributed by atoms with Gasteiger partial charge in [-0.3, -0.25) is 0 Å². The maximum absolute atomic E-state index is 13.2. The molecule has 0 aliphatic heterocycles. The van der Waals surface area contributed by atoms with E-state index in [1.54, 1.807) is 6.07 Å². The minimum atomic E-state index is -0.245. The zero-order valence-electron chi connectivity index (χ0n) is 11.9. The van der Waals surface area contributed by atoms with Crippen LogP contribution in [-0.4, -0.2) is 17.1 Å². The molecule has 2 rings (SSSR count). The molecule has 0 aliphatic carbocycles. The summed E-state index contributed by atoms with van der Waals surface area (Å²) < 4.78 is 13.2. The Labute approximate surface area is 134 Å². The first-order chi connectivity index (χ1) is 9.97. The molecule has 0 fully saturated rings. The largest absolute Gasteiger partial charge is 0.348 e. The van der Waals surface area contributed by atoms with E-state index in [-0.39, 0.29) is 5.82 Å². The molecule has 1 N–H and O–H groups in total. The average Bonchev–Trinajstić information content (AvgIpc) is 2.44. The Bertz CT molecular complexity index is 660. The van der Waals surface area contributed by atoms with Crippen LogP contribution < -0.4 is 5.32 Å². The molecule has 0 bridgehead atoms. The van der Waals surface area contributed by atoms with Crippen LogP contribution in [0.15, 0.2) is 42.5 Å². The summed E-state index contributed by atoms with van der Waals surface area (Å²) in [5, 5.41) is 4.42. The zero-order valence-corrected chi connectivity index (χ0v) is 13.4. The molecule has 5 heteroatoms. The van der Waals surface area contributed by atoms with Gasteiger partial charge in [-0.1, -0.05) is 29.8 Å². The summed E-state index contributed by atoms with van der Waals surface area (Å²) in [4.78, 5) is 1.85. The summed E-state index contributed by atoms with van der Waals surface area (Å²) in [6.45, 7) is 2.46. The van der Waals surface area contributed by atoms with Crippen LogP contribution in [0.4, 0.5) is 10.1 Å². The van der Waals surface area contributed by atoms with Gasteiger partial charge in [0.2, 0.25) is 0 Å². The average molecular weight is 323 g/mol. The topological polar surface area (TPSA) is 15.3 Å². The molecule has 0 aliphatic rings. The summed E-state index contributed by atoms with van der Waals surface area (Å²) in [5.74, 6) is -0.245. The molecular weight excluding hydrogens is 307 g/mol. The van der Waals surface area contributed by atoms with Crippen LogP contribution >= 0.6 is 23.8 Å². The Balaban J connectivity index is 2.04.